The van der Waals surface area contributed by atoms with Crippen LogP contribution in [0.2, 0.25) is 0 Å². The van der Waals surface area contributed by atoms with Gasteiger partial charge in [-0.15, -0.1) is 0 Å². The predicted octanol–water partition coefficient (Wildman–Crippen LogP) is 1.90. The summed E-state index contributed by atoms with van der Waals surface area (Å²) in [4.78, 5) is 26.1. The quantitative estimate of drug-likeness (QED) is 0.623. The number of benzene rings is 1. The zero-order chi connectivity index (χ0) is 13.9. The van der Waals surface area contributed by atoms with Crippen molar-refractivity contribution < 1.29 is 14.3 Å². The monoisotopic (exact) mass is 273 g/mol. The Kier molecular flexibility index (Phi) is 3.83. The number of rotatable bonds is 3. The normalized spacial score (nSPS) is 24.6. The second-order valence-electron chi connectivity index (χ2n) is 5.51. The van der Waals surface area contributed by atoms with E-state index in [0.29, 0.717) is 6.61 Å². The summed E-state index contributed by atoms with van der Waals surface area (Å²) in [5.41, 5.74) is 0.797. The molecule has 0 aliphatic carbocycles. The maximum absolute atomic E-state index is 12.4. The number of carbonyl (C=O) groups is 2. The van der Waals surface area contributed by atoms with Gasteiger partial charge in [0, 0.05) is 17.9 Å². The number of esters is 1. The minimum absolute atomic E-state index is 0.0808. The summed E-state index contributed by atoms with van der Waals surface area (Å²) in [5.74, 6) is 0.225. The van der Waals surface area contributed by atoms with Gasteiger partial charge in [-0.05, 0) is 25.9 Å². The van der Waals surface area contributed by atoms with E-state index in [1.165, 1.54) is 0 Å². The lowest BCUT2D eigenvalue weighted by molar-refractivity contribution is -0.142. The molecule has 0 unspecified atom stereocenters. The summed E-state index contributed by atoms with van der Waals surface area (Å²) in [5, 5.41) is 0. The first-order chi connectivity index (χ1) is 9.75. The molecule has 2 aliphatic heterocycles. The molecule has 0 N–H and O–H groups in total. The average molecular weight is 273 g/mol. The maximum Gasteiger partial charge on any atom is 0.323 e. The molecule has 1 aromatic rings. The highest BCUT2D eigenvalue weighted by atomic mass is 16.5. The van der Waals surface area contributed by atoms with Crippen molar-refractivity contribution in [2.75, 3.05) is 19.7 Å². The molecule has 0 spiro atoms. The predicted molar refractivity (Wildman–Crippen MR) is 74.4 cm³/mol. The summed E-state index contributed by atoms with van der Waals surface area (Å²) >= 11 is 0. The van der Waals surface area contributed by atoms with Crippen LogP contribution in [0.3, 0.4) is 0 Å². The molecular formula is C16H19NO3. The fraction of sp³-hybridized carbons (Fsp3) is 0.500. The van der Waals surface area contributed by atoms with E-state index in [4.69, 9.17) is 4.74 Å². The molecule has 0 bridgehead atoms. The first-order valence-corrected chi connectivity index (χ1v) is 7.25. The van der Waals surface area contributed by atoms with Crippen molar-refractivity contribution in [1.29, 1.82) is 0 Å². The molecule has 4 heteroatoms. The molecular weight excluding hydrogens is 254 g/mol. The van der Waals surface area contributed by atoms with Crippen molar-refractivity contribution in [1.82, 2.24) is 4.90 Å². The molecule has 3 rings (SSSR count). The van der Waals surface area contributed by atoms with Crippen molar-refractivity contribution in [3.63, 3.8) is 0 Å². The number of hydrogen-bond acceptors (Lipinski definition) is 4. The van der Waals surface area contributed by atoms with Crippen molar-refractivity contribution >= 4 is 11.8 Å². The highest BCUT2D eigenvalue weighted by molar-refractivity contribution is 5.97. The number of likely N-dealkylation sites (tertiary alicyclic amines) is 1. The molecule has 0 amide bonds. The average Bonchev–Trinajstić information content (AvgIpc) is 2.94. The Labute approximate surface area is 118 Å². The van der Waals surface area contributed by atoms with E-state index < -0.39 is 0 Å². The van der Waals surface area contributed by atoms with Gasteiger partial charge in [0.2, 0.25) is 0 Å². The SMILES string of the molecule is O=C(c1ccccc1)C1CCN([C@@H]2CCOC2=O)CC1. The van der Waals surface area contributed by atoms with Crippen LogP contribution < -0.4 is 0 Å². The van der Waals surface area contributed by atoms with Crippen LogP contribution in [0.4, 0.5) is 0 Å². The number of Topliss-reactive ketones (excluding diaryl/α,β-unsaturated/α-hetero) is 1. The molecule has 2 aliphatic rings. The van der Waals surface area contributed by atoms with Gasteiger partial charge in [0.25, 0.3) is 0 Å². The second-order valence-corrected chi connectivity index (χ2v) is 5.51. The van der Waals surface area contributed by atoms with E-state index in [0.717, 1.165) is 37.9 Å². The number of ketones is 1. The van der Waals surface area contributed by atoms with E-state index in [9.17, 15) is 9.59 Å². The summed E-state index contributed by atoms with van der Waals surface area (Å²) < 4.78 is 5.01. The van der Waals surface area contributed by atoms with Crippen LogP contribution in [0.5, 0.6) is 0 Å². The van der Waals surface area contributed by atoms with Gasteiger partial charge in [0.15, 0.2) is 5.78 Å². The lowest BCUT2D eigenvalue weighted by Gasteiger charge is -2.33. The van der Waals surface area contributed by atoms with Crippen LogP contribution in [0, 0.1) is 5.92 Å². The molecule has 20 heavy (non-hydrogen) atoms. The molecule has 2 saturated heterocycles. The van der Waals surface area contributed by atoms with Gasteiger partial charge < -0.3 is 4.74 Å². The number of piperidine rings is 1. The Morgan fingerprint density at radius 3 is 2.40 bits per heavy atom. The first-order valence-electron chi connectivity index (χ1n) is 7.25. The summed E-state index contributed by atoms with van der Waals surface area (Å²) in [6.07, 6.45) is 2.45. The van der Waals surface area contributed by atoms with Crippen LogP contribution in [0.25, 0.3) is 0 Å². The third-order valence-electron chi connectivity index (χ3n) is 4.31. The molecule has 1 aromatic carbocycles. The highest BCUT2D eigenvalue weighted by Gasteiger charge is 2.35. The number of hydrogen-bond donors (Lipinski definition) is 0. The van der Waals surface area contributed by atoms with Crippen LogP contribution >= 0.6 is 0 Å². The topological polar surface area (TPSA) is 46.6 Å². The third kappa shape index (κ3) is 2.61. The molecule has 1 atom stereocenters. The molecule has 0 radical (unpaired) electrons. The highest BCUT2D eigenvalue weighted by Crippen LogP contribution is 2.25. The lowest BCUT2D eigenvalue weighted by atomic mass is 9.88. The minimum atomic E-state index is -0.0992. The zero-order valence-electron chi connectivity index (χ0n) is 11.5. The van der Waals surface area contributed by atoms with Crippen LogP contribution in [-0.4, -0.2) is 42.4 Å². The van der Waals surface area contributed by atoms with E-state index in [2.05, 4.69) is 4.90 Å². The smallest absolute Gasteiger partial charge is 0.323 e. The van der Waals surface area contributed by atoms with Gasteiger partial charge in [-0.2, -0.15) is 0 Å². The third-order valence-corrected chi connectivity index (χ3v) is 4.31. The number of carbonyl (C=O) groups excluding carboxylic acids is 2. The zero-order valence-corrected chi connectivity index (χ0v) is 11.5. The van der Waals surface area contributed by atoms with Gasteiger partial charge in [-0.3, -0.25) is 14.5 Å². The Bertz CT molecular complexity index is 492. The summed E-state index contributed by atoms with van der Waals surface area (Å²) in [6.45, 7) is 2.15. The molecule has 2 fully saturated rings. The van der Waals surface area contributed by atoms with Crippen molar-refractivity contribution in [2.24, 2.45) is 5.92 Å². The standard InChI is InChI=1S/C16H19NO3/c18-15(12-4-2-1-3-5-12)13-6-9-17(10-7-13)14-8-11-20-16(14)19/h1-5,13-14H,6-11H2/t14-/m1/s1. The van der Waals surface area contributed by atoms with Crippen LogP contribution in [0.15, 0.2) is 30.3 Å². The number of ether oxygens (including phenoxy) is 1. The molecule has 0 aromatic heterocycles. The summed E-state index contributed by atoms with van der Waals surface area (Å²) in [6, 6.07) is 9.40. The second kappa shape index (κ2) is 5.75. The van der Waals surface area contributed by atoms with Crippen LogP contribution in [0.1, 0.15) is 29.6 Å². The Hall–Kier alpha value is -1.68. The van der Waals surface area contributed by atoms with Gasteiger partial charge in [0.05, 0.1) is 6.61 Å². The van der Waals surface area contributed by atoms with Gasteiger partial charge in [-0.25, -0.2) is 0 Å². The minimum Gasteiger partial charge on any atom is -0.464 e. The van der Waals surface area contributed by atoms with E-state index in [1.54, 1.807) is 0 Å². The van der Waals surface area contributed by atoms with Crippen molar-refractivity contribution in [3.8, 4) is 0 Å². The molecule has 2 heterocycles. The van der Waals surface area contributed by atoms with Crippen molar-refractivity contribution in [2.45, 2.75) is 25.3 Å². The van der Waals surface area contributed by atoms with Gasteiger partial charge in [0.1, 0.15) is 6.04 Å². The molecule has 0 saturated carbocycles. The lowest BCUT2D eigenvalue weighted by Crippen LogP contribution is -2.44. The molecule has 4 nitrogen and oxygen atoms in total. The fourth-order valence-corrected chi connectivity index (χ4v) is 3.13. The Balaban J connectivity index is 1.58. The van der Waals surface area contributed by atoms with Crippen molar-refractivity contribution in [3.05, 3.63) is 35.9 Å². The van der Waals surface area contributed by atoms with E-state index >= 15 is 0 Å². The number of nitrogens with zero attached hydrogens (tertiary/aromatic N) is 1. The summed E-state index contributed by atoms with van der Waals surface area (Å²) in [7, 11) is 0. The fourth-order valence-electron chi connectivity index (χ4n) is 3.13. The Morgan fingerprint density at radius 1 is 1.10 bits per heavy atom. The first kappa shape index (κ1) is 13.3. The number of cyclic esters (lactones) is 1. The largest absolute Gasteiger partial charge is 0.464 e. The van der Waals surface area contributed by atoms with Gasteiger partial charge in [-0.1, -0.05) is 30.3 Å². The van der Waals surface area contributed by atoms with E-state index in [1.807, 2.05) is 30.3 Å². The molecule has 106 valence electrons. The maximum atomic E-state index is 12.4. The van der Waals surface area contributed by atoms with E-state index in [-0.39, 0.29) is 23.7 Å². The van der Waals surface area contributed by atoms with Crippen LogP contribution in [-0.2, 0) is 9.53 Å². The van der Waals surface area contributed by atoms with Gasteiger partial charge >= 0.3 is 5.97 Å². The Morgan fingerprint density at radius 2 is 1.80 bits per heavy atom.